The Balaban J connectivity index is 2.53. The van der Waals surface area contributed by atoms with Crippen molar-refractivity contribution in [2.75, 3.05) is 18.9 Å². The Hall–Kier alpha value is -1.26. The zero-order valence-corrected chi connectivity index (χ0v) is 10.8. The Kier molecular flexibility index (Phi) is 5.25. The summed E-state index contributed by atoms with van der Waals surface area (Å²) in [6.45, 7) is 4.77. The number of benzene rings is 1. The molecule has 0 saturated heterocycles. The molecule has 0 bridgehead atoms. The number of nitrogens with two attached hydrogens (primary N) is 1. The van der Waals surface area contributed by atoms with Gasteiger partial charge in [-0.1, -0.05) is 17.7 Å². The second-order valence-corrected chi connectivity index (χ2v) is 4.29. The molecule has 0 aliphatic heterocycles. The van der Waals surface area contributed by atoms with Gasteiger partial charge in [0.1, 0.15) is 0 Å². The third kappa shape index (κ3) is 4.24. The standard InChI is InChI=1S/C12H17ClN2O2/c1-8(2)17-7-6-15-12(16)11-9(13)4-3-5-10(11)14/h3-5,8H,6-7,14H2,1-2H3,(H,15,16). The van der Waals surface area contributed by atoms with Crippen LogP contribution in [0.3, 0.4) is 0 Å². The van der Waals surface area contributed by atoms with Crippen molar-refractivity contribution in [3.63, 3.8) is 0 Å². The molecule has 1 aromatic carbocycles. The highest BCUT2D eigenvalue weighted by Crippen LogP contribution is 2.21. The lowest BCUT2D eigenvalue weighted by molar-refractivity contribution is 0.0747. The summed E-state index contributed by atoms with van der Waals surface area (Å²) >= 11 is 5.92. The van der Waals surface area contributed by atoms with Crippen molar-refractivity contribution >= 4 is 23.2 Å². The summed E-state index contributed by atoms with van der Waals surface area (Å²) in [5.41, 5.74) is 6.39. The van der Waals surface area contributed by atoms with Crippen LogP contribution in [0.2, 0.25) is 5.02 Å². The zero-order valence-electron chi connectivity index (χ0n) is 10.00. The first-order valence-electron chi connectivity index (χ1n) is 5.46. The van der Waals surface area contributed by atoms with E-state index in [1.807, 2.05) is 13.8 Å². The minimum absolute atomic E-state index is 0.150. The van der Waals surface area contributed by atoms with Gasteiger partial charge in [-0.05, 0) is 26.0 Å². The average molecular weight is 257 g/mol. The van der Waals surface area contributed by atoms with Crippen molar-refractivity contribution in [1.29, 1.82) is 0 Å². The third-order valence-corrected chi connectivity index (χ3v) is 2.43. The molecule has 0 fully saturated rings. The first kappa shape index (κ1) is 13.8. The lowest BCUT2D eigenvalue weighted by Gasteiger charge is -2.10. The second kappa shape index (κ2) is 6.47. The molecule has 0 aliphatic carbocycles. The molecule has 0 spiro atoms. The average Bonchev–Trinajstić information content (AvgIpc) is 2.24. The van der Waals surface area contributed by atoms with Crippen LogP contribution in [0.5, 0.6) is 0 Å². The zero-order chi connectivity index (χ0) is 12.8. The molecule has 17 heavy (non-hydrogen) atoms. The summed E-state index contributed by atoms with van der Waals surface area (Å²) < 4.78 is 5.31. The molecular formula is C12H17ClN2O2. The van der Waals surface area contributed by atoms with E-state index in [1.165, 1.54) is 0 Å². The van der Waals surface area contributed by atoms with Gasteiger partial charge >= 0.3 is 0 Å². The number of nitrogen functional groups attached to an aromatic ring is 1. The molecule has 0 atom stereocenters. The van der Waals surface area contributed by atoms with Gasteiger partial charge in [-0.2, -0.15) is 0 Å². The van der Waals surface area contributed by atoms with E-state index >= 15 is 0 Å². The van der Waals surface area contributed by atoms with Crippen LogP contribution in [-0.2, 0) is 4.74 Å². The summed E-state index contributed by atoms with van der Waals surface area (Å²) in [6, 6.07) is 4.99. The third-order valence-electron chi connectivity index (χ3n) is 2.11. The van der Waals surface area contributed by atoms with E-state index in [4.69, 9.17) is 22.1 Å². The highest BCUT2D eigenvalue weighted by molar-refractivity contribution is 6.34. The van der Waals surface area contributed by atoms with Crippen molar-refractivity contribution in [3.8, 4) is 0 Å². The van der Waals surface area contributed by atoms with Gasteiger partial charge in [-0.25, -0.2) is 0 Å². The lowest BCUT2D eigenvalue weighted by Crippen LogP contribution is -2.28. The minimum atomic E-state index is -0.277. The minimum Gasteiger partial charge on any atom is -0.398 e. The van der Waals surface area contributed by atoms with Gasteiger partial charge in [0, 0.05) is 12.2 Å². The number of carbonyl (C=O) groups is 1. The van der Waals surface area contributed by atoms with Gasteiger partial charge in [0.15, 0.2) is 0 Å². The maximum Gasteiger partial charge on any atom is 0.254 e. The molecule has 1 amide bonds. The quantitative estimate of drug-likeness (QED) is 0.626. The molecule has 0 saturated carbocycles. The second-order valence-electron chi connectivity index (χ2n) is 3.88. The molecule has 1 rings (SSSR count). The van der Waals surface area contributed by atoms with Gasteiger partial charge in [-0.15, -0.1) is 0 Å². The smallest absolute Gasteiger partial charge is 0.254 e. The fourth-order valence-corrected chi connectivity index (χ4v) is 1.60. The Morgan fingerprint density at radius 3 is 2.82 bits per heavy atom. The van der Waals surface area contributed by atoms with Gasteiger partial charge in [0.2, 0.25) is 0 Å². The molecule has 0 unspecified atom stereocenters. The molecule has 0 heterocycles. The van der Waals surface area contributed by atoms with Crippen molar-refractivity contribution in [2.45, 2.75) is 20.0 Å². The number of hydrogen-bond donors (Lipinski definition) is 2. The topological polar surface area (TPSA) is 64.3 Å². The van der Waals surface area contributed by atoms with E-state index in [2.05, 4.69) is 5.32 Å². The number of carbonyl (C=O) groups excluding carboxylic acids is 1. The van der Waals surface area contributed by atoms with Crippen LogP contribution in [0.25, 0.3) is 0 Å². The van der Waals surface area contributed by atoms with Crippen LogP contribution in [0, 0.1) is 0 Å². The Bertz CT molecular complexity index is 374. The van der Waals surface area contributed by atoms with Gasteiger partial charge in [0.05, 0.1) is 23.3 Å². The number of ether oxygens (including phenoxy) is 1. The number of rotatable bonds is 5. The van der Waals surface area contributed by atoms with Crippen molar-refractivity contribution in [2.24, 2.45) is 0 Å². The number of nitrogens with one attached hydrogen (secondary N) is 1. The molecule has 0 aliphatic rings. The molecule has 1 aromatic rings. The SMILES string of the molecule is CC(C)OCCNC(=O)c1c(N)cccc1Cl. The van der Waals surface area contributed by atoms with Crippen LogP contribution >= 0.6 is 11.6 Å². The van der Waals surface area contributed by atoms with Crippen LogP contribution in [0.4, 0.5) is 5.69 Å². The van der Waals surface area contributed by atoms with E-state index < -0.39 is 0 Å². The fraction of sp³-hybridized carbons (Fsp3) is 0.417. The predicted octanol–water partition coefficient (Wildman–Crippen LogP) is 2.08. The number of hydrogen-bond acceptors (Lipinski definition) is 3. The van der Waals surface area contributed by atoms with Crippen LogP contribution in [0.1, 0.15) is 24.2 Å². The van der Waals surface area contributed by atoms with Crippen molar-refractivity contribution in [1.82, 2.24) is 5.32 Å². The van der Waals surface area contributed by atoms with Crippen LogP contribution in [-0.4, -0.2) is 25.2 Å². The Labute approximate surface area is 106 Å². The van der Waals surface area contributed by atoms with Crippen molar-refractivity contribution < 1.29 is 9.53 Å². The highest BCUT2D eigenvalue weighted by atomic mass is 35.5. The summed E-state index contributed by atoms with van der Waals surface area (Å²) in [7, 11) is 0. The summed E-state index contributed by atoms with van der Waals surface area (Å²) in [5.74, 6) is -0.277. The number of anilines is 1. The van der Waals surface area contributed by atoms with Gasteiger partial charge < -0.3 is 15.8 Å². The Morgan fingerprint density at radius 2 is 2.24 bits per heavy atom. The normalized spacial score (nSPS) is 10.6. The van der Waals surface area contributed by atoms with Gasteiger partial charge in [0.25, 0.3) is 5.91 Å². The lowest BCUT2D eigenvalue weighted by atomic mass is 10.1. The number of amides is 1. The molecular weight excluding hydrogens is 240 g/mol. The monoisotopic (exact) mass is 256 g/mol. The molecule has 0 aromatic heterocycles. The van der Waals surface area contributed by atoms with E-state index in [0.717, 1.165) is 0 Å². The molecule has 94 valence electrons. The fourth-order valence-electron chi connectivity index (χ4n) is 1.33. The number of halogens is 1. The summed E-state index contributed by atoms with van der Waals surface area (Å²) in [4.78, 5) is 11.8. The largest absolute Gasteiger partial charge is 0.398 e. The maximum atomic E-state index is 11.8. The molecule has 3 N–H and O–H groups in total. The van der Waals surface area contributed by atoms with E-state index in [-0.39, 0.29) is 12.0 Å². The predicted molar refractivity (Wildman–Crippen MR) is 69.3 cm³/mol. The first-order chi connectivity index (χ1) is 8.02. The molecule has 0 radical (unpaired) electrons. The van der Waals surface area contributed by atoms with E-state index in [1.54, 1.807) is 18.2 Å². The summed E-state index contributed by atoms with van der Waals surface area (Å²) in [5, 5.41) is 3.06. The highest BCUT2D eigenvalue weighted by Gasteiger charge is 2.12. The van der Waals surface area contributed by atoms with E-state index in [0.29, 0.717) is 29.4 Å². The van der Waals surface area contributed by atoms with Crippen LogP contribution < -0.4 is 11.1 Å². The molecule has 5 heteroatoms. The van der Waals surface area contributed by atoms with Gasteiger partial charge in [-0.3, -0.25) is 4.79 Å². The summed E-state index contributed by atoms with van der Waals surface area (Å²) in [6.07, 6.45) is 0.150. The maximum absolute atomic E-state index is 11.8. The van der Waals surface area contributed by atoms with E-state index in [9.17, 15) is 4.79 Å². The Morgan fingerprint density at radius 1 is 1.53 bits per heavy atom. The molecule has 4 nitrogen and oxygen atoms in total. The first-order valence-corrected chi connectivity index (χ1v) is 5.84. The van der Waals surface area contributed by atoms with Crippen LogP contribution in [0.15, 0.2) is 18.2 Å². The van der Waals surface area contributed by atoms with Crippen molar-refractivity contribution in [3.05, 3.63) is 28.8 Å².